The standard InChI is InChI=1S/C21H19F3N4O2/c1-11-26-19(25-9-12-4-3-5-14(17(12)22)18(23)24)16-8-15(13-6-7-30-10-13)21(29)28(2)20(16)27-11/h3-6,8,18H,7,9-10H2,1-2H3,(H,25,26,27). The fourth-order valence-corrected chi connectivity index (χ4v) is 3.46. The molecule has 1 aliphatic rings. The molecule has 0 fully saturated rings. The minimum Gasteiger partial charge on any atom is -0.373 e. The lowest BCUT2D eigenvalue weighted by molar-refractivity contribution is 0.146. The van der Waals surface area contributed by atoms with Crippen LogP contribution in [0, 0.1) is 12.7 Å². The van der Waals surface area contributed by atoms with Gasteiger partial charge in [-0.15, -0.1) is 0 Å². The molecule has 0 saturated carbocycles. The second kappa shape index (κ2) is 7.91. The summed E-state index contributed by atoms with van der Waals surface area (Å²) in [5.41, 5.74) is 0.910. The molecule has 0 amide bonds. The lowest BCUT2D eigenvalue weighted by Gasteiger charge is -2.14. The van der Waals surface area contributed by atoms with Gasteiger partial charge in [0.25, 0.3) is 12.0 Å². The van der Waals surface area contributed by atoms with Gasteiger partial charge in [0.05, 0.1) is 24.2 Å². The Bertz CT molecular complexity index is 1220. The number of nitrogens with zero attached hydrogens (tertiary/aromatic N) is 3. The first-order valence-electron chi connectivity index (χ1n) is 9.31. The third-order valence-corrected chi connectivity index (χ3v) is 5.02. The number of aryl methyl sites for hydroxylation is 2. The van der Waals surface area contributed by atoms with Crippen LogP contribution >= 0.6 is 0 Å². The summed E-state index contributed by atoms with van der Waals surface area (Å²) in [6.07, 6.45) is -1.05. The lowest BCUT2D eigenvalue weighted by atomic mass is 10.1. The maximum atomic E-state index is 14.4. The molecule has 0 aliphatic carbocycles. The normalized spacial score (nSPS) is 13.9. The number of rotatable bonds is 5. The fraction of sp³-hybridized carbons (Fsp3) is 0.286. The van der Waals surface area contributed by atoms with Crippen molar-refractivity contribution < 1.29 is 17.9 Å². The number of fused-ring (bicyclic) bond motifs is 1. The Labute approximate surface area is 170 Å². The minimum atomic E-state index is -2.90. The molecular formula is C21H19F3N4O2. The van der Waals surface area contributed by atoms with E-state index >= 15 is 0 Å². The Morgan fingerprint density at radius 3 is 2.80 bits per heavy atom. The van der Waals surface area contributed by atoms with E-state index in [0.29, 0.717) is 41.5 Å². The van der Waals surface area contributed by atoms with Crippen LogP contribution in [-0.2, 0) is 18.3 Å². The first-order valence-corrected chi connectivity index (χ1v) is 9.31. The number of nitrogens with one attached hydrogen (secondary N) is 1. The van der Waals surface area contributed by atoms with Crippen LogP contribution in [0.5, 0.6) is 0 Å². The van der Waals surface area contributed by atoms with Gasteiger partial charge in [-0.25, -0.2) is 23.1 Å². The van der Waals surface area contributed by atoms with E-state index < -0.39 is 17.8 Å². The zero-order valence-corrected chi connectivity index (χ0v) is 16.4. The van der Waals surface area contributed by atoms with Crippen molar-refractivity contribution in [1.29, 1.82) is 0 Å². The highest BCUT2D eigenvalue weighted by Crippen LogP contribution is 2.27. The van der Waals surface area contributed by atoms with Crippen LogP contribution in [0.1, 0.15) is 28.9 Å². The Hall–Kier alpha value is -3.20. The van der Waals surface area contributed by atoms with E-state index in [2.05, 4.69) is 15.3 Å². The van der Waals surface area contributed by atoms with E-state index in [4.69, 9.17) is 4.74 Å². The van der Waals surface area contributed by atoms with E-state index in [9.17, 15) is 18.0 Å². The maximum Gasteiger partial charge on any atom is 0.266 e. The number of benzene rings is 1. The minimum absolute atomic E-state index is 0.0536. The van der Waals surface area contributed by atoms with Crippen LogP contribution < -0.4 is 10.9 Å². The summed E-state index contributed by atoms with van der Waals surface area (Å²) in [6.45, 7) is 2.39. The first-order chi connectivity index (χ1) is 14.4. The Balaban J connectivity index is 1.78. The van der Waals surface area contributed by atoms with Gasteiger partial charge in [-0.1, -0.05) is 24.3 Å². The highest BCUT2D eigenvalue weighted by Gasteiger charge is 2.19. The van der Waals surface area contributed by atoms with Crippen molar-refractivity contribution in [3.8, 4) is 0 Å². The van der Waals surface area contributed by atoms with Gasteiger partial charge in [0, 0.05) is 24.7 Å². The lowest BCUT2D eigenvalue weighted by Crippen LogP contribution is -2.23. The smallest absolute Gasteiger partial charge is 0.266 e. The molecule has 9 heteroatoms. The Morgan fingerprint density at radius 1 is 1.30 bits per heavy atom. The maximum absolute atomic E-state index is 14.4. The van der Waals surface area contributed by atoms with E-state index in [0.717, 1.165) is 11.6 Å². The van der Waals surface area contributed by atoms with Crippen LogP contribution in [0.15, 0.2) is 35.1 Å². The summed E-state index contributed by atoms with van der Waals surface area (Å²) in [7, 11) is 1.62. The second-order valence-corrected chi connectivity index (χ2v) is 7.00. The quantitative estimate of drug-likeness (QED) is 0.686. The average Bonchev–Trinajstić information content (AvgIpc) is 3.24. The van der Waals surface area contributed by atoms with Gasteiger partial charge in [0.15, 0.2) is 0 Å². The zero-order chi connectivity index (χ0) is 21.4. The number of alkyl halides is 2. The van der Waals surface area contributed by atoms with E-state index in [-0.39, 0.29) is 17.7 Å². The van der Waals surface area contributed by atoms with Gasteiger partial charge in [0.2, 0.25) is 0 Å². The molecule has 2 aromatic heterocycles. The van der Waals surface area contributed by atoms with Gasteiger partial charge < -0.3 is 10.1 Å². The number of anilines is 1. The van der Waals surface area contributed by atoms with Crippen LogP contribution in [0.3, 0.4) is 0 Å². The van der Waals surface area contributed by atoms with Gasteiger partial charge >= 0.3 is 0 Å². The Kier molecular flexibility index (Phi) is 5.29. The van der Waals surface area contributed by atoms with Crippen LogP contribution in [0.2, 0.25) is 0 Å². The third-order valence-electron chi connectivity index (χ3n) is 5.02. The van der Waals surface area contributed by atoms with Crippen molar-refractivity contribution in [1.82, 2.24) is 14.5 Å². The highest BCUT2D eigenvalue weighted by atomic mass is 19.3. The number of halogens is 3. The number of hydrogen-bond donors (Lipinski definition) is 1. The van der Waals surface area contributed by atoms with Gasteiger partial charge in [0.1, 0.15) is 23.1 Å². The zero-order valence-electron chi connectivity index (χ0n) is 16.4. The third kappa shape index (κ3) is 3.56. The SMILES string of the molecule is Cc1nc(NCc2cccc(C(F)F)c2F)c2cc(C3=CCOC3)c(=O)n(C)c2n1. The molecule has 6 nitrogen and oxygen atoms in total. The second-order valence-electron chi connectivity index (χ2n) is 7.00. The molecule has 1 aromatic carbocycles. The molecular weight excluding hydrogens is 397 g/mol. The van der Waals surface area contributed by atoms with E-state index in [1.807, 2.05) is 6.08 Å². The summed E-state index contributed by atoms with van der Waals surface area (Å²) in [6, 6.07) is 5.57. The summed E-state index contributed by atoms with van der Waals surface area (Å²) < 4.78 is 47.1. The van der Waals surface area contributed by atoms with Crippen LogP contribution in [0.25, 0.3) is 16.6 Å². The molecule has 0 saturated heterocycles. The molecule has 1 aliphatic heterocycles. The molecule has 3 aromatic rings. The van der Waals surface area contributed by atoms with Crippen LogP contribution in [0.4, 0.5) is 19.0 Å². The van der Waals surface area contributed by atoms with E-state index in [1.165, 1.54) is 16.7 Å². The molecule has 0 radical (unpaired) electrons. The van der Waals surface area contributed by atoms with Crippen molar-refractivity contribution in [2.24, 2.45) is 7.05 Å². The van der Waals surface area contributed by atoms with Gasteiger partial charge in [-0.3, -0.25) is 9.36 Å². The first kappa shape index (κ1) is 20.1. The molecule has 3 heterocycles. The van der Waals surface area contributed by atoms with Crippen molar-refractivity contribution in [3.63, 3.8) is 0 Å². The molecule has 0 unspecified atom stereocenters. The number of pyridine rings is 1. The number of ether oxygens (including phenoxy) is 1. The molecule has 30 heavy (non-hydrogen) atoms. The van der Waals surface area contributed by atoms with Crippen molar-refractivity contribution in [2.75, 3.05) is 18.5 Å². The van der Waals surface area contributed by atoms with Gasteiger partial charge in [-0.2, -0.15) is 0 Å². The summed E-state index contributed by atoms with van der Waals surface area (Å²) in [5, 5.41) is 3.58. The van der Waals surface area contributed by atoms with Crippen LogP contribution in [-0.4, -0.2) is 27.7 Å². The topological polar surface area (TPSA) is 69.0 Å². The molecule has 0 spiro atoms. The van der Waals surface area contributed by atoms with Crippen molar-refractivity contribution >= 4 is 22.4 Å². The highest BCUT2D eigenvalue weighted by molar-refractivity contribution is 5.89. The molecule has 0 bridgehead atoms. The predicted octanol–water partition coefficient (Wildman–Crippen LogP) is 3.74. The Morgan fingerprint density at radius 2 is 2.10 bits per heavy atom. The molecule has 1 N–H and O–H groups in total. The summed E-state index contributed by atoms with van der Waals surface area (Å²) in [5.74, 6) is -0.148. The molecule has 4 rings (SSSR count). The number of aromatic nitrogens is 3. The average molecular weight is 416 g/mol. The number of hydrogen-bond acceptors (Lipinski definition) is 5. The molecule has 0 atom stereocenters. The predicted molar refractivity (Wildman–Crippen MR) is 107 cm³/mol. The largest absolute Gasteiger partial charge is 0.373 e. The van der Waals surface area contributed by atoms with Gasteiger partial charge in [-0.05, 0) is 18.6 Å². The molecule has 156 valence electrons. The van der Waals surface area contributed by atoms with Crippen molar-refractivity contribution in [3.05, 3.63) is 69.0 Å². The fourth-order valence-electron chi connectivity index (χ4n) is 3.46. The monoisotopic (exact) mass is 416 g/mol. The summed E-state index contributed by atoms with van der Waals surface area (Å²) >= 11 is 0. The van der Waals surface area contributed by atoms with Crippen molar-refractivity contribution in [2.45, 2.75) is 19.9 Å². The van der Waals surface area contributed by atoms with E-state index in [1.54, 1.807) is 20.0 Å². The summed E-state index contributed by atoms with van der Waals surface area (Å²) in [4.78, 5) is 21.5.